The van der Waals surface area contributed by atoms with Crippen molar-refractivity contribution in [2.45, 2.75) is 39.7 Å². The van der Waals surface area contributed by atoms with Crippen molar-refractivity contribution in [1.29, 1.82) is 0 Å². The summed E-state index contributed by atoms with van der Waals surface area (Å²) in [5, 5.41) is 0. The first-order valence-electron chi connectivity index (χ1n) is 4.51. The molecule has 0 aliphatic rings. The van der Waals surface area contributed by atoms with Crippen molar-refractivity contribution in [2.75, 3.05) is 0 Å². The third kappa shape index (κ3) is 5.17. The summed E-state index contributed by atoms with van der Waals surface area (Å²) in [6, 6.07) is 0.104. The Morgan fingerprint density at radius 2 is 2.15 bits per heavy atom. The van der Waals surface area contributed by atoms with E-state index < -0.39 is 0 Å². The van der Waals surface area contributed by atoms with Gasteiger partial charge in [0.15, 0.2) is 0 Å². The van der Waals surface area contributed by atoms with Crippen molar-refractivity contribution in [2.24, 2.45) is 10.7 Å². The van der Waals surface area contributed by atoms with Gasteiger partial charge in [0.2, 0.25) is 0 Å². The maximum atomic E-state index is 10.2. The Morgan fingerprint density at radius 1 is 1.54 bits per heavy atom. The van der Waals surface area contributed by atoms with Crippen LogP contribution in [-0.4, -0.2) is 18.5 Å². The molecule has 13 heavy (non-hydrogen) atoms. The lowest BCUT2D eigenvalue weighted by Gasteiger charge is -2.04. The Bertz CT molecular complexity index is 215. The Kier molecular flexibility index (Phi) is 5.85. The van der Waals surface area contributed by atoms with Gasteiger partial charge < -0.3 is 10.5 Å². The molecule has 0 aromatic heterocycles. The van der Waals surface area contributed by atoms with Crippen LogP contribution >= 0.6 is 0 Å². The molecule has 0 aromatic carbocycles. The van der Waals surface area contributed by atoms with Gasteiger partial charge in [-0.3, -0.25) is 4.99 Å². The molecule has 1 atom stereocenters. The summed E-state index contributed by atoms with van der Waals surface area (Å²) in [4.78, 5) is 14.5. The molecule has 74 valence electrons. The standard InChI is InChI=1S/C10H18N2O/c1-4-10(5-6-13)12-7-8(2)9(3)11/h6-7,10H,4-5,11H2,1-3H3. The van der Waals surface area contributed by atoms with Crippen molar-refractivity contribution >= 4 is 12.5 Å². The fraction of sp³-hybridized carbons (Fsp3) is 0.600. The summed E-state index contributed by atoms with van der Waals surface area (Å²) in [6.45, 7) is 5.76. The van der Waals surface area contributed by atoms with E-state index in [1.165, 1.54) is 0 Å². The fourth-order valence-corrected chi connectivity index (χ4v) is 0.763. The number of hydrogen-bond acceptors (Lipinski definition) is 3. The van der Waals surface area contributed by atoms with Gasteiger partial charge in [-0.05, 0) is 25.8 Å². The first-order valence-corrected chi connectivity index (χ1v) is 4.51. The van der Waals surface area contributed by atoms with Gasteiger partial charge in [0, 0.05) is 18.3 Å². The molecule has 1 unspecified atom stereocenters. The van der Waals surface area contributed by atoms with Crippen LogP contribution in [-0.2, 0) is 4.79 Å². The molecule has 0 spiro atoms. The van der Waals surface area contributed by atoms with Crippen LogP contribution in [0.1, 0.15) is 33.6 Å². The van der Waals surface area contributed by atoms with E-state index in [1.807, 2.05) is 20.8 Å². The third-order valence-electron chi connectivity index (χ3n) is 1.94. The Balaban J connectivity index is 4.22. The zero-order valence-electron chi connectivity index (χ0n) is 8.58. The number of nitrogens with two attached hydrogens (primary N) is 1. The minimum Gasteiger partial charge on any atom is -0.402 e. The number of hydrogen-bond donors (Lipinski definition) is 1. The second kappa shape index (κ2) is 6.40. The highest BCUT2D eigenvalue weighted by Crippen LogP contribution is 2.02. The molecule has 3 heteroatoms. The van der Waals surface area contributed by atoms with E-state index in [0.717, 1.165) is 24.0 Å². The molecule has 3 nitrogen and oxygen atoms in total. The van der Waals surface area contributed by atoms with Crippen LogP contribution in [0, 0.1) is 0 Å². The molecule has 0 aliphatic heterocycles. The summed E-state index contributed by atoms with van der Waals surface area (Å²) < 4.78 is 0. The minimum atomic E-state index is 0.104. The van der Waals surface area contributed by atoms with E-state index in [9.17, 15) is 4.79 Å². The van der Waals surface area contributed by atoms with E-state index in [2.05, 4.69) is 4.99 Å². The molecule has 0 heterocycles. The third-order valence-corrected chi connectivity index (χ3v) is 1.94. The van der Waals surface area contributed by atoms with Gasteiger partial charge in [-0.1, -0.05) is 6.92 Å². The molecular formula is C10H18N2O. The van der Waals surface area contributed by atoms with Crippen molar-refractivity contribution < 1.29 is 4.79 Å². The average Bonchev–Trinajstić information content (AvgIpc) is 2.11. The zero-order chi connectivity index (χ0) is 10.3. The average molecular weight is 182 g/mol. The summed E-state index contributed by atoms with van der Waals surface area (Å²) in [5.74, 6) is 0. The predicted molar refractivity (Wildman–Crippen MR) is 55.8 cm³/mol. The highest BCUT2D eigenvalue weighted by atomic mass is 16.1. The van der Waals surface area contributed by atoms with Crippen LogP contribution in [0.3, 0.4) is 0 Å². The summed E-state index contributed by atoms with van der Waals surface area (Å²) in [6.07, 6.45) is 4.02. The predicted octanol–water partition coefficient (Wildman–Crippen LogP) is 1.68. The second-order valence-electron chi connectivity index (χ2n) is 3.11. The molecule has 0 saturated carbocycles. The molecule has 0 rings (SSSR count). The maximum Gasteiger partial charge on any atom is 0.122 e. The van der Waals surface area contributed by atoms with Crippen LogP contribution < -0.4 is 5.73 Å². The van der Waals surface area contributed by atoms with Gasteiger partial charge in [0.25, 0.3) is 0 Å². The first kappa shape index (κ1) is 11.9. The molecule has 0 saturated heterocycles. The van der Waals surface area contributed by atoms with Crippen molar-refractivity contribution in [1.82, 2.24) is 0 Å². The van der Waals surface area contributed by atoms with Crippen molar-refractivity contribution in [3.05, 3.63) is 11.3 Å². The lowest BCUT2D eigenvalue weighted by molar-refractivity contribution is -0.108. The fourth-order valence-electron chi connectivity index (χ4n) is 0.763. The van der Waals surface area contributed by atoms with Gasteiger partial charge in [0.1, 0.15) is 6.29 Å². The first-order chi connectivity index (χ1) is 6.11. The van der Waals surface area contributed by atoms with Gasteiger partial charge in [-0.15, -0.1) is 0 Å². The number of rotatable bonds is 5. The van der Waals surface area contributed by atoms with E-state index >= 15 is 0 Å². The van der Waals surface area contributed by atoms with Gasteiger partial charge in [-0.2, -0.15) is 0 Å². The molecule has 0 aliphatic carbocycles. The maximum absolute atomic E-state index is 10.2. The summed E-state index contributed by atoms with van der Waals surface area (Å²) in [5.41, 5.74) is 7.29. The molecule has 0 aromatic rings. The van der Waals surface area contributed by atoms with E-state index in [-0.39, 0.29) is 6.04 Å². The van der Waals surface area contributed by atoms with Crippen molar-refractivity contribution in [3.8, 4) is 0 Å². The number of carbonyl (C=O) groups is 1. The van der Waals surface area contributed by atoms with Gasteiger partial charge in [-0.25, -0.2) is 0 Å². The largest absolute Gasteiger partial charge is 0.402 e. The number of nitrogens with zero attached hydrogens (tertiary/aromatic N) is 1. The number of aldehydes is 1. The normalized spacial score (nSPS) is 15.6. The second-order valence-corrected chi connectivity index (χ2v) is 3.11. The lowest BCUT2D eigenvalue weighted by atomic mass is 10.2. The van der Waals surface area contributed by atoms with Crippen LogP contribution in [0.2, 0.25) is 0 Å². The molecule has 0 radical (unpaired) electrons. The highest BCUT2D eigenvalue weighted by Gasteiger charge is 2.00. The minimum absolute atomic E-state index is 0.104. The van der Waals surface area contributed by atoms with Crippen LogP contribution in [0.25, 0.3) is 0 Å². The molecule has 0 amide bonds. The van der Waals surface area contributed by atoms with Gasteiger partial charge in [0.05, 0.1) is 6.04 Å². The smallest absolute Gasteiger partial charge is 0.122 e. The van der Waals surface area contributed by atoms with E-state index in [1.54, 1.807) is 6.21 Å². The number of carbonyl (C=O) groups excluding carboxylic acids is 1. The molecule has 2 N–H and O–H groups in total. The lowest BCUT2D eigenvalue weighted by Crippen LogP contribution is -2.04. The quantitative estimate of drug-likeness (QED) is 0.519. The summed E-state index contributed by atoms with van der Waals surface area (Å²) in [7, 11) is 0. The Labute approximate surface area is 79.7 Å². The molecular weight excluding hydrogens is 164 g/mol. The zero-order valence-corrected chi connectivity index (χ0v) is 8.58. The Morgan fingerprint density at radius 3 is 2.54 bits per heavy atom. The SMILES string of the molecule is CCC(CC=O)N=CC(C)=C(C)N. The van der Waals surface area contributed by atoms with E-state index in [0.29, 0.717) is 6.42 Å². The Hall–Kier alpha value is -1.12. The highest BCUT2D eigenvalue weighted by molar-refractivity contribution is 5.78. The van der Waals surface area contributed by atoms with Gasteiger partial charge >= 0.3 is 0 Å². The molecule has 0 bridgehead atoms. The monoisotopic (exact) mass is 182 g/mol. The number of aliphatic imine (C=N–C) groups is 1. The van der Waals surface area contributed by atoms with Crippen LogP contribution in [0.15, 0.2) is 16.3 Å². The number of allylic oxidation sites excluding steroid dienone is 2. The topological polar surface area (TPSA) is 55.5 Å². The van der Waals surface area contributed by atoms with E-state index in [4.69, 9.17) is 5.73 Å². The van der Waals surface area contributed by atoms with Crippen LogP contribution in [0.4, 0.5) is 0 Å². The van der Waals surface area contributed by atoms with Crippen molar-refractivity contribution in [3.63, 3.8) is 0 Å². The molecule has 0 fully saturated rings. The van der Waals surface area contributed by atoms with Crippen LogP contribution in [0.5, 0.6) is 0 Å². The summed E-state index contributed by atoms with van der Waals surface area (Å²) >= 11 is 0.